The Bertz CT molecular complexity index is 718. The van der Waals surface area contributed by atoms with Crippen LogP contribution in [0.4, 0.5) is 0 Å². The zero-order valence-corrected chi connectivity index (χ0v) is 13.4. The van der Waals surface area contributed by atoms with Gasteiger partial charge < -0.3 is 4.74 Å². The maximum atomic E-state index is 12.3. The third-order valence-electron chi connectivity index (χ3n) is 3.08. The Balaban J connectivity index is 2.02. The molecule has 2 aromatic rings. The highest BCUT2D eigenvalue weighted by Gasteiger charge is 2.15. The van der Waals surface area contributed by atoms with E-state index in [1.165, 1.54) is 6.33 Å². The second-order valence-corrected chi connectivity index (χ2v) is 6.52. The molecule has 1 heterocycles. The first-order chi connectivity index (χ1) is 10.5. The van der Waals surface area contributed by atoms with Gasteiger partial charge in [-0.15, -0.1) is 0 Å². The molecule has 0 aliphatic carbocycles. The van der Waals surface area contributed by atoms with Crippen molar-refractivity contribution in [2.75, 3.05) is 13.2 Å². The molecule has 1 aromatic heterocycles. The predicted molar refractivity (Wildman–Crippen MR) is 83.3 cm³/mol. The number of aryl methyl sites for hydroxylation is 1. The lowest BCUT2D eigenvalue weighted by atomic mass is 10.2. The standard InChI is InChI=1S/C15H19N3O3S/c1-3-21-15-5-4-14(8-12(15)2)22(19,20)18-7-6-13-9-16-11-17-10-13/h4-5,8-11,18H,3,6-7H2,1-2H3. The average Bonchev–Trinajstić information content (AvgIpc) is 2.50. The Morgan fingerprint density at radius 1 is 1.23 bits per heavy atom. The fraction of sp³-hybridized carbons (Fsp3) is 0.333. The number of ether oxygens (including phenoxy) is 1. The van der Waals surface area contributed by atoms with Gasteiger partial charge in [-0.2, -0.15) is 0 Å². The van der Waals surface area contributed by atoms with Gasteiger partial charge in [0.25, 0.3) is 0 Å². The van der Waals surface area contributed by atoms with Crippen LogP contribution in [0.1, 0.15) is 18.1 Å². The highest BCUT2D eigenvalue weighted by atomic mass is 32.2. The zero-order chi connectivity index (χ0) is 16.0. The van der Waals surface area contributed by atoms with Gasteiger partial charge in [0.15, 0.2) is 0 Å². The van der Waals surface area contributed by atoms with Crippen LogP contribution in [0.3, 0.4) is 0 Å². The van der Waals surface area contributed by atoms with E-state index in [2.05, 4.69) is 14.7 Å². The van der Waals surface area contributed by atoms with Gasteiger partial charge in [-0.25, -0.2) is 23.1 Å². The summed E-state index contributed by atoms with van der Waals surface area (Å²) in [7, 11) is -3.53. The van der Waals surface area contributed by atoms with Crippen molar-refractivity contribution < 1.29 is 13.2 Å². The molecule has 2 rings (SSSR count). The number of aromatic nitrogens is 2. The van der Waals surface area contributed by atoms with Crippen molar-refractivity contribution in [1.82, 2.24) is 14.7 Å². The molecule has 0 aliphatic heterocycles. The van der Waals surface area contributed by atoms with Crippen LogP contribution >= 0.6 is 0 Å². The van der Waals surface area contributed by atoms with Crippen LogP contribution < -0.4 is 9.46 Å². The average molecular weight is 321 g/mol. The first-order valence-electron chi connectivity index (χ1n) is 7.00. The van der Waals surface area contributed by atoms with Crippen molar-refractivity contribution in [2.45, 2.75) is 25.2 Å². The van der Waals surface area contributed by atoms with Crippen LogP contribution in [0.25, 0.3) is 0 Å². The summed E-state index contributed by atoms with van der Waals surface area (Å²) in [5, 5.41) is 0. The summed E-state index contributed by atoms with van der Waals surface area (Å²) in [4.78, 5) is 8.02. The molecule has 0 saturated heterocycles. The van der Waals surface area contributed by atoms with Gasteiger partial charge in [0, 0.05) is 18.9 Å². The molecule has 22 heavy (non-hydrogen) atoms. The Morgan fingerprint density at radius 3 is 2.59 bits per heavy atom. The third kappa shape index (κ3) is 4.25. The molecule has 1 N–H and O–H groups in total. The molecule has 7 heteroatoms. The Hall–Kier alpha value is -1.99. The van der Waals surface area contributed by atoms with Gasteiger partial charge >= 0.3 is 0 Å². The van der Waals surface area contributed by atoms with E-state index in [1.54, 1.807) is 30.6 Å². The van der Waals surface area contributed by atoms with E-state index in [4.69, 9.17) is 4.74 Å². The molecule has 0 unspecified atom stereocenters. The first-order valence-corrected chi connectivity index (χ1v) is 8.48. The minimum atomic E-state index is -3.53. The predicted octanol–water partition coefficient (Wildman–Crippen LogP) is 1.70. The molecule has 0 bridgehead atoms. The van der Waals surface area contributed by atoms with Gasteiger partial charge in [0.05, 0.1) is 11.5 Å². The van der Waals surface area contributed by atoms with Crippen molar-refractivity contribution in [3.8, 4) is 5.75 Å². The maximum absolute atomic E-state index is 12.3. The number of sulfonamides is 1. The summed E-state index contributed by atoms with van der Waals surface area (Å²) in [5.74, 6) is 0.697. The third-order valence-corrected chi connectivity index (χ3v) is 4.54. The molecule has 0 atom stereocenters. The summed E-state index contributed by atoms with van der Waals surface area (Å²) >= 11 is 0. The van der Waals surface area contributed by atoms with Crippen LogP contribution in [0.2, 0.25) is 0 Å². The van der Waals surface area contributed by atoms with E-state index in [-0.39, 0.29) is 4.90 Å². The lowest BCUT2D eigenvalue weighted by Crippen LogP contribution is -2.26. The molecule has 0 radical (unpaired) electrons. The number of hydrogen-bond acceptors (Lipinski definition) is 5. The molecule has 0 spiro atoms. The van der Waals surface area contributed by atoms with Crippen molar-refractivity contribution in [3.05, 3.63) is 48.0 Å². The second kappa shape index (κ2) is 7.33. The van der Waals surface area contributed by atoms with Gasteiger partial charge in [0.1, 0.15) is 12.1 Å². The first kappa shape index (κ1) is 16.4. The largest absolute Gasteiger partial charge is 0.494 e. The summed E-state index contributed by atoms with van der Waals surface area (Å²) < 4.78 is 32.5. The lowest BCUT2D eigenvalue weighted by Gasteiger charge is -2.10. The highest BCUT2D eigenvalue weighted by Crippen LogP contribution is 2.21. The van der Waals surface area contributed by atoms with Crippen LogP contribution in [-0.2, 0) is 16.4 Å². The summed E-state index contributed by atoms with van der Waals surface area (Å²) in [6.45, 7) is 4.55. The molecule has 6 nitrogen and oxygen atoms in total. The van der Waals surface area contributed by atoms with Crippen LogP contribution in [0.5, 0.6) is 5.75 Å². The molecule has 118 valence electrons. The lowest BCUT2D eigenvalue weighted by molar-refractivity contribution is 0.337. The number of hydrogen-bond donors (Lipinski definition) is 1. The van der Waals surface area contributed by atoms with Crippen molar-refractivity contribution in [2.24, 2.45) is 0 Å². The van der Waals surface area contributed by atoms with E-state index in [0.717, 1.165) is 11.1 Å². The van der Waals surface area contributed by atoms with Crippen LogP contribution in [-0.4, -0.2) is 31.5 Å². The van der Waals surface area contributed by atoms with Crippen LogP contribution in [0, 0.1) is 6.92 Å². The summed E-state index contributed by atoms with van der Waals surface area (Å²) in [5.41, 5.74) is 1.68. The molecule has 0 saturated carbocycles. The van der Waals surface area contributed by atoms with Gasteiger partial charge in [-0.05, 0) is 49.6 Å². The fourth-order valence-corrected chi connectivity index (χ4v) is 3.10. The van der Waals surface area contributed by atoms with Crippen molar-refractivity contribution in [1.29, 1.82) is 0 Å². The van der Waals surface area contributed by atoms with E-state index < -0.39 is 10.0 Å². The number of nitrogens with one attached hydrogen (secondary N) is 1. The minimum absolute atomic E-state index is 0.234. The molecular formula is C15H19N3O3S. The van der Waals surface area contributed by atoms with Gasteiger partial charge in [-0.1, -0.05) is 0 Å². The molecule has 1 aromatic carbocycles. The molecular weight excluding hydrogens is 302 g/mol. The number of rotatable bonds is 7. The topological polar surface area (TPSA) is 81.2 Å². The summed E-state index contributed by atoms with van der Waals surface area (Å²) in [6, 6.07) is 4.84. The number of nitrogens with zero attached hydrogens (tertiary/aromatic N) is 2. The second-order valence-electron chi connectivity index (χ2n) is 4.75. The van der Waals surface area contributed by atoms with E-state index in [0.29, 0.717) is 25.3 Å². The smallest absolute Gasteiger partial charge is 0.240 e. The van der Waals surface area contributed by atoms with Crippen molar-refractivity contribution >= 4 is 10.0 Å². The van der Waals surface area contributed by atoms with Gasteiger partial charge in [0.2, 0.25) is 10.0 Å². The molecule has 0 aliphatic rings. The van der Waals surface area contributed by atoms with Gasteiger partial charge in [-0.3, -0.25) is 0 Å². The summed E-state index contributed by atoms with van der Waals surface area (Å²) in [6.07, 6.45) is 5.32. The Kier molecular flexibility index (Phi) is 5.46. The normalized spacial score (nSPS) is 11.4. The monoisotopic (exact) mass is 321 g/mol. The zero-order valence-electron chi connectivity index (χ0n) is 12.6. The minimum Gasteiger partial charge on any atom is -0.494 e. The molecule has 0 amide bonds. The van der Waals surface area contributed by atoms with E-state index in [9.17, 15) is 8.42 Å². The fourth-order valence-electron chi connectivity index (χ4n) is 1.98. The Labute approximate surface area is 130 Å². The van der Waals surface area contributed by atoms with Crippen LogP contribution in [0.15, 0.2) is 41.8 Å². The van der Waals surface area contributed by atoms with Crippen molar-refractivity contribution in [3.63, 3.8) is 0 Å². The maximum Gasteiger partial charge on any atom is 0.240 e. The highest BCUT2D eigenvalue weighted by molar-refractivity contribution is 7.89. The Morgan fingerprint density at radius 2 is 1.95 bits per heavy atom. The van der Waals surface area contributed by atoms with E-state index >= 15 is 0 Å². The SMILES string of the molecule is CCOc1ccc(S(=O)(=O)NCCc2cncnc2)cc1C. The quantitative estimate of drug-likeness (QED) is 0.839. The van der Waals surface area contributed by atoms with E-state index in [1.807, 2.05) is 13.8 Å². The molecule has 0 fully saturated rings. The number of benzene rings is 1.